The lowest BCUT2D eigenvalue weighted by molar-refractivity contribution is 0.109. The summed E-state index contributed by atoms with van der Waals surface area (Å²) in [6.07, 6.45) is 4.60. The van der Waals surface area contributed by atoms with Crippen molar-refractivity contribution in [2.45, 2.75) is 6.92 Å². The molecule has 2 heteroatoms. The van der Waals surface area contributed by atoms with Crippen molar-refractivity contribution in [1.29, 1.82) is 0 Å². The molecular weight excluding hydrogens is 114 g/mol. The van der Waals surface area contributed by atoms with E-state index in [1.807, 2.05) is 0 Å². The van der Waals surface area contributed by atoms with Gasteiger partial charge in [-0.15, -0.1) is 12.3 Å². The summed E-state index contributed by atoms with van der Waals surface area (Å²) >= 11 is 0. The molecular formula is C7H13NO. The number of ether oxygens (including phenoxy) is 1. The number of nitrogens with one attached hydrogen (secondary N) is 1. The van der Waals surface area contributed by atoms with Crippen LogP contribution in [0.4, 0.5) is 0 Å². The summed E-state index contributed by atoms with van der Waals surface area (Å²) < 4.78 is 5.01. The summed E-state index contributed by atoms with van der Waals surface area (Å²) in [6, 6.07) is 0. The predicted molar refractivity (Wildman–Crippen MR) is 38.2 cm³/mol. The second-order valence-electron chi connectivity index (χ2n) is 1.65. The Balaban J connectivity index is 0.000000187. The first kappa shape index (κ1) is 8.48. The molecule has 0 amide bonds. The number of hydrogen-bond donors (Lipinski definition) is 1. The van der Waals surface area contributed by atoms with Gasteiger partial charge in [0, 0.05) is 13.1 Å². The molecule has 2 nitrogen and oxygen atoms in total. The highest BCUT2D eigenvalue weighted by Gasteiger charge is 1.92. The van der Waals surface area contributed by atoms with E-state index in [1.165, 1.54) is 0 Å². The van der Waals surface area contributed by atoms with Crippen molar-refractivity contribution in [2.24, 2.45) is 0 Å². The molecule has 1 aliphatic heterocycles. The van der Waals surface area contributed by atoms with Crippen LogP contribution in [0.25, 0.3) is 0 Å². The van der Waals surface area contributed by atoms with Crippen LogP contribution in [0.2, 0.25) is 0 Å². The second-order valence-corrected chi connectivity index (χ2v) is 1.65. The minimum absolute atomic E-state index is 0.889. The SMILES string of the molecule is C#CC.C1COCCN1. The Morgan fingerprint density at radius 2 is 1.89 bits per heavy atom. The predicted octanol–water partition coefficient (Wildman–Crippen LogP) is 0.246. The fourth-order valence-corrected chi connectivity index (χ4v) is 0.516. The highest BCUT2D eigenvalue weighted by Crippen LogP contribution is 1.76. The molecule has 1 N–H and O–H groups in total. The van der Waals surface area contributed by atoms with Crippen LogP contribution in [0, 0.1) is 12.3 Å². The number of rotatable bonds is 0. The molecule has 1 fully saturated rings. The van der Waals surface area contributed by atoms with E-state index >= 15 is 0 Å². The van der Waals surface area contributed by atoms with Gasteiger partial charge < -0.3 is 10.1 Å². The van der Waals surface area contributed by atoms with Gasteiger partial charge in [0.1, 0.15) is 0 Å². The topological polar surface area (TPSA) is 21.3 Å². The number of hydrogen-bond acceptors (Lipinski definition) is 2. The smallest absolute Gasteiger partial charge is 0.0591 e. The molecule has 0 aromatic carbocycles. The average Bonchev–Trinajstić information content (AvgIpc) is 1.93. The molecule has 0 aromatic rings. The summed E-state index contributed by atoms with van der Waals surface area (Å²) in [4.78, 5) is 0. The van der Waals surface area contributed by atoms with E-state index in [4.69, 9.17) is 4.74 Å². The zero-order valence-electron chi connectivity index (χ0n) is 5.81. The van der Waals surface area contributed by atoms with Gasteiger partial charge in [0.15, 0.2) is 0 Å². The number of morpholine rings is 1. The first-order valence-corrected chi connectivity index (χ1v) is 3.07. The lowest BCUT2D eigenvalue weighted by Crippen LogP contribution is -2.30. The average molecular weight is 127 g/mol. The largest absolute Gasteiger partial charge is 0.379 e. The minimum atomic E-state index is 0.889. The van der Waals surface area contributed by atoms with Crippen LogP contribution < -0.4 is 5.32 Å². The lowest BCUT2D eigenvalue weighted by Gasteiger charge is -2.10. The van der Waals surface area contributed by atoms with Gasteiger partial charge >= 0.3 is 0 Å². The molecule has 1 heterocycles. The third-order valence-electron chi connectivity index (χ3n) is 0.846. The van der Waals surface area contributed by atoms with E-state index in [0.717, 1.165) is 26.3 Å². The molecule has 1 aliphatic rings. The van der Waals surface area contributed by atoms with Crippen molar-refractivity contribution in [3.05, 3.63) is 0 Å². The molecule has 1 saturated heterocycles. The van der Waals surface area contributed by atoms with Crippen LogP contribution in [0.5, 0.6) is 0 Å². The molecule has 0 atom stereocenters. The third-order valence-corrected chi connectivity index (χ3v) is 0.846. The Kier molecular flexibility index (Phi) is 7.05. The maximum Gasteiger partial charge on any atom is 0.0591 e. The second kappa shape index (κ2) is 7.48. The summed E-state index contributed by atoms with van der Waals surface area (Å²) in [5, 5.41) is 3.16. The highest BCUT2D eigenvalue weighted by molar-refractivity contribution is 4.73. The van der Waals surface area contributed by atoms with Crippen LogP contribution in [-0.2, 0) is 4.74 Å². The van der Waals surface area contributed by atoms with E-state index in [9.17, 15) is 0 Å². The summed E-state index contributed by atoms with van der Waals surface area (Å²) in [5.74, 6) is 2.25. The van der Waals surface area contributed by atoms with Gasteiger partial charge in [-0.25, -0.2) is 0 Å². The van der Waals surface area contributed by atoms with Gasteiger partial charge in [-0.05, 0) is 6.92 Å². The summed E-state index contributed by atoms with van der Waals surface area (Å²) in [5.41, 5.74) is 0. The molecule has 0 bridgehead atoms. The maximum absolute atomic E-state index is 5.01. The molecule has 1 rings (SSSR count). The van der Waals surface area contributed by atoms with Crippen molar-refractivity contribution < 1.29 is 4.74 Å². The Morgan fingerprint density at radius 3 is 2.00 bits per heavy atom. The molecule has 0 unspecified atom stereocenters. The van der Waals surface area contributed by atoms with E-state index in [1.54, 1.807) is 6.92 Å². The van der Waals surface area contributed by atoms with E-state index in [0.29, 0.717) is 0 Å². The van der Waals surface area contributed by atoms with Crippen LogP contribution in [0.15, 0.2) is 0 Å². The Morgan fingerprint density at radius 1 is 1.44 bits per heavy atom. The Labute approximate surface area is 56.6 Å². The van der Waals surface area contributed by atoms with Crippen LogP contribution in [0.3, 0.4) is 0 Å². The Bertz CT molecular complexity index is 69.9. The summed E-state index contributed by atoms with van der Waals surface area (Å²) in [7, 11) is 0. The van der Waals surface area contributed by atoms with Crippen LogP contribution >= 0.6 is 0 Å². The van der Waals surface area contributed by atoms with Gasteiger partial charge in [-0.3, -0.25) is 0 Å². The normalized spacial score (nSPS) is 16.9. The maximum atomic E-state index is 5.01. The third kappa shape index (κ3) is 7.48. The molecule has 9 heavy (non-hydrogen) atoms. The zero-order valence-corrected chi connectivity index (χ0v) is 5.81. The fraction of sp³-hybridized carbons (Fsp3) is 0.714. The van der Waals surface area contributed by atoms with Gasteiger partial charge in [0.25, 0.3) is 0 Å². The zero-order chi connectivity index (χ0) is 6.95. The first-order valence-electron chi connectivity index (χ1n) is 3.07. The van der Waals surface area contributed by atoms with Crippen molar-refractivity contribution in [1.82, 2.24) is 5.32 Å². The molecule has 0 aromatic heterocycles. The van der Waals surface area contributed by atoms with E-state index in [2.05, 4.69) is 17.7 Å². The highest BCUT2D eigenvalue weighted by atomic mass is 16.5. The van der Waals surface area contributed by atoms with E-state index in [-0.39, 0.29) is 0 Å². The van der Waals surface area contributed by atoms with Crippen molar-refractivity contribution >= 4 is 0 Å². The van der Waals surface area contributed by atoms with Crippen LogP contribution in [0.1, 0.15) is 6.92 Å². The lowest BCUT2D eigenvalue weighted by atomic mass is 10.5. The molecule has 0 radical (unpaired) electrons. The Hall–Kier alpha value is -0.520. The number of terminal acetylenes is 1. The van der Waals surface area contributed by atoms with Gasteiger partial charge in [0.05, 0.1) is 13.2 Å². The monoisotopic (exact) mass is 127 g/mol. The van der Waals surface area contributed by atoms with Crippen molar-refractivity contribution in [2.75, 3.05) is 26.3 Å². The van der Waals surface area contributed by atoms with Gasteiger partial charge in [-0.1, -0.05) is 0 Å². The van der Waals surface area contributed by atoms with Crippen molar-refractivity contribution in [3.63, 3.8) is 0 Å². The molecule has 0 saturated carbocycles. The molecule has 0 aliphatic carbocycles. The molecule has 0 spiro atoms. The summed E-state index contributed by atoms with van der Waals surface area (Å²) in [6.45, 7) is 5.49. The minimum Gasteiger partial charge on any atom is -0.379 e. The van der Waals surface area contributed by atoms with Gasteiger partial charge in [-0.2, -0.15) is 0 Å². The van der Waals surface area contributed by atoms with Crippen LogP contribution in [-0.4, -0.2) is 26.3 Å². The first-order chi connectivity index (χ1) is 4.41. The standard InChI is InChI=1S/C4H9NO.C3H4/c1-3-6-4-2-5-1;1-3-2/h5H,1-4H2;1H,2H3. The fourth-order valence-electron chi connectivity index (χ4n) is 0.516. The van der Waals surface area contributed by atoms with Crippen molar-refractivity contribution in [3.8, 4) is 12.3 Å². The van der Waals surface area contributed by atoms with E-state index < -0.39 is 0 Å². The quantitative estimate of drug-likeness (QED) is 0.471. The van der Waals surface area contributed by atoms with Gasteiger partial charge in [0.2, 0.25) is 0 Å². The molecule has 52 valence electrons.